The fourth-order valence-electron chi connectivity index (χ4n) is 2.59. The van der Waals surface area contributed by atoms with Crippen LogP contribution in [0.4, 0.5) is 0 Å². The fraction of sp³-hybridized carbons (Fsp3) is 0.200. The van der Waals surface area contributed by atoms with E-state index in [1.54, 1.807) is 13.2 Å². The molecule has 0 saturated carbocycles. The van der Waals surface area contributed by atoms with Gasteiger partial charge in [-0.05, 0) is 55.0 Å². The first-order chi connectivity index (χ1) is 13.5. The van der Waals surface area contributed by atoms with Crippen LogP contribution >= 0.6 is 12.2 Å². The minimum atomic E-state index is -0.337. The molecule has 0 saturated heterocycles. The quantitative estimate of drug-likeness (QED) is 0.405. The molecule has 0 fully saturated rings. The van der Waals surface area contributed by atoms with Crippen molar-refractivity contribution in [3.63, 3.8) is 0 Å². The standard InChI is InChI=1S/C20H21N3O4S/c1-13-3-6-16(25-2)15(9-13)5-8-19(24)22-23-20(28)21-11-14-4-7-17-18(10-14)27-12-26-17/h3-10H,11-12H2,1-2H3,(H,22,24)(H2,21,23,28)/b8-5+. The van der Waals surface area contributed by atoms with Gasteiger partial charge in [-0.3, -0.25) is 15.6 Å². The van der Waals surface area contributed by atoms with Crippen molar-refractivity contribution >= 4 is 29.3 Å². The maximum absolute atomic E-state index is 12.0. The molecule has 1 heterocycles. The Kier molecular flexibility index (Phi) is 6.33. The average Bonchev–Trinajstić information content (AvgIpc) is 3.17. The van der Waals surface area contributed by atoms with Crippen LogP contribution in [0.1, 0.15) is 16.7 Å². The summed E-state index contributed by atoms with van der Waals surface area (Å²) in [4.78, 5) is 12.0. The largest absolute Gasteiger partial charge is 0.496 e. The molecule has 8 heteroatoms. The smallest absolute Gasteiger partial charge is 0.262 e. The highest BCUT2D eigenvalue weighted by Crippen LogP contribution is 2.32. The lowest BCUT2D eigenvalue weighted by molar-refractivity contribution is -0.116. The van der Waals surface area contributed by atoms with E-state index in [2.05, 4.69) is 16.2 Å². The molecule has 7 nitrogen and oxygen atoms in total. The Labute approximate surface area is 168 Å². The number of rotatable bonds is 5. The Morgan fingerprint density at radius 2 is 2.00 bits per heavy atom. The van der Waals surface area contributed by atoms with Gasteiger partial charge in [0, 0.05) is 18.2 Å². The first kappa shape index (κ1) is 19.5. The van der Waals surface area contributed by atoms with E-state index in [1.807, 2.05) is 43.3 Å². The van der Waals surface area contributed by atoms with Crippen molar-refractivity contribution in [1.29, 1.82) is 0 Å². The maximum atomic E-state index is 12.0. The second-order valence-corrected chi connectivity index (χ2v) is 6.47. The van der Waals surface area contributed by atoms with Crippen molar-refractivity contribution < 1.29 is 19.0 Å². The summed E-state index contributed by atoms with van der Waals surface area (Å²) in [5.74, 6) is 1.80. The predicted octanol–water partition coefficient (Wildman–Crippen LogP) is 2.44. The van der Waals surface area contributed by atoms with Crippen LogP contribution < -0.4 is 30.4 Å². The van der Waals surface area contributed by atoms with Crippen LogP contribution in [-0.2, 0) is 11.3 Å². The van der Waals surface area contributed by atoms with Gasteiger partial charge in [-0.2, -0.15) is 0 Å². The molecule has 0 unspecified atom stereocenters. The molecule has 2 aromatic carbocycles. The Balaban J connectivity index is 1.45. The lowest BCUT2D eigenvalue weighted by Crippen LogP contribution is -2.45. The van der Waals surface area contributed by atoms with Crippen molar-refractivity contribution in [1.82, 2.24) is 16.2 Å². The number of carbonyl (C=O) groups is 1. The number of thiocarbonyl (C=S) groups is 1. The SMILES string of the molecule is COc1ccc(C)cc1/C=C/C(=O)NNC(=S)NCc1ccc2c(c1)OCO2. The first-order valence-electron chi connectivity index (χ1n) is 8.60. The number of aryl methyl sites for hydroxylation is 1. The van der Waals surface area contributed by atoms with Crippen molar-refractivity contribution in [3.8, 4) is 17.2 Å². The van der Waals surface area contributed by atoms with Crippen molar-refractivity contribution in [3.05, 3.63) is 59.2 Å². The highest BCUT2D eigenvalue weighted by atomic mass is 32.1. The lowest BCUT2D eigenvalue weighted by atomic mass is 10.1. The fourth-order valence-corrected chi connectivity index (χ4v) is 2.71. The number of hydrogen-bond donors (Lipinski definition) is 3. The molecule has 28 heavy (non-hydrogen) atoms. The second-order valence-electron chi connectivity index (χ2n) is 6.06. The third kappa shape index (κ3) is 5.14. The van der Waals surface area contributed by atoms with Crippen LogP contribution in [0.5, 0.6) is 17.2 Å². The Hall–Kier alpha value is -3.26. The topological polar surface area (TPSA) is 80.9 Å². The molecule has 0 aliphatic carbocycles. The third-order valence-electron chi connectivity index (χ3n) is 3.99. The van der Waals surface area contributed by atoms with Gasteiger partial charge in [-0.15, -0.1) is 0 Å². The zero-order valence-electron chi connectivity index (χ0n) is 15.6. The first-order valence-corrected chi connectivity index (χ1v) is 9.01. The van der Waals surface area contributed by atoms with E-state index in [1.165, 1.54) is 6.08 Å². The number of nitrogens with one attached hydrogen (secondary N) is 3. The number of fused-ring (bicyclic) bond motifs is 1. The average molecular weight is 399 g/mol. The van der Waals surface area contributed by atoms with Crippen molar-refractivity contribution in [2.45, 2.75) is 13.5 Å². The van der Waals surface area contributed by atoms with E-state index in [9.17, 15) is 4.79 Å². The van der Waals surface area contributed by atoms with E-state index >= 15 is 0 Å². The Morgan fingerprint density at radius 1 is 1.18 bits per heavy atom. The van der Waals surface area contributed by atoms with Gasteiger partial charge in [-0.1, -0.05) is 17.7 Å². The van der Waals surface area contributed by atoms with Crippen LogP contribution in [0.2, 0.25) is 0 Å². The summed E-state index contributed by atoms with van der Waals surface area (Å²) in [6.07, 6.45) is 3.09. The van der Waals surface area contributed by atoms with E-state index in [0.29, 0.717) is 23.2 Å². The molecule has 3 N–H and O–H groups in total. The van der Waals surface area contributed by atoms with E-state index in [-0.39, 0.29) is 12.7 Å². The molecular weight excluding hydrogens is 378 g/mol. The number of benzene rings is 2. The molecule has 0 atom stereocenters. The highest BCUT2D eigenvalue weighted by molar-refractivity contribution is 7.80. The summed E-state index contributed by atoms with van der Waals surface area (Å²) >= 11 is 5.17. The molecule has 2 aromatic rings. The zero-order valence-corrected chi connectivity index (χ0v) is 16.4. The van der Waals surface area contributed by atoms with Gasteiger partial charge in [0.05, 0.1) is 7.11 Å². The zero-order chi connectivity index (χ0) is 19.9. The summed E-state index contributed by atoms with van der Waals surface area (Å²) in [6, 6.07) is 11.4. The van der Waals surface area contributed by atoms with Gasteiger partial charge in [0.15, 0.2) is 16.6 Å². The molecule has 146 valence electrons. The van der Waals surface area contributed by atoms with Gasteiger partial charge >= 0.3 is 0 Å². The van der Waals surface area contributed by atoms with E-state index < -0.39 is 0 Å². The number of ether oxygens (including phenoxy) is 3. The minimum absolute atomic E-state index is 0.236. The van der Waals surface area contributed by atoms with Crippen molar-refractivity contribution in [2.75, 3.05) is 13.9 Å². The van der Waals surface area contributed by atoms with Gasteiger partial charge in [0.25, 0.3) is 5.91 Å². The van der Waals surface area contributed by atoms with Crippen LogP contribution in [0, 0.1) is 6.92 Å². The molecule has 1 aliphatic heterocycles. The monoisotopic (exact) mass is 399 g/mol. The summed E-state index contributed by atoms with van der Waals surface area (Å²) in [5, 5.41) is 3.31. The molecule has 0 aromatic heterocycles. The summed E-state index contributed by atoms with van der Waals surface area (Å²) < 4.78 is 15.9. The number of amides is 1. The summed E-state index contributed by atoms with van der Waals surface area (Å²) in [6.45, 7) is 2.69. The molecule has 1 amide bonds. The maximum Gasteiger partial charge on any atom is 0.262 e. The molecule has 1 aliphatic rings. The highest BCUT2D eigenvalue weighted by Gasteiger charge is 2.13. The summed E-state index contributed by atoms with van der Waals surface area (Å²) in [5.41, 5.74) is 8.06. The van der Waals surface area contributed by atoms with Crippen LogP contribution in [0.15, 0.2) is 42.5 Å². The number of hydrazine groups is 1. The molecule has 3 rings (SSSR count). The Bertz CT molecular complexity index is 914. The molecular formula is C20H21N3O4S. The Morgan fingerprint density at radius 3 is 2.82 bits per heavy atom. The number of carbonyl (C=O) groups excluding carboxylic acids is 1. The normalized spacial score (nSPS) is 11.9. The molecule has 0 bridgehead atoms. The van der Waals surface area contributed by atoms with Gasteiger partial charge in [0.2, 0.25) is 6.79 Å². The second kappa shape index (κ2) is 9.09. The van der Waals surface area contributed by atoms with Gasteiger partial charge in [0.1, 0.15) is 5.75 Å². The van der Waals surface area contributed by atoms with Gasteiger partial charge < -0.3 is 19.5 Å². The minimum Gasteiger partial charge on any atom is -0.496 e. The van der Waals surface area contributed by atoms with Crippen molar-refractivity contribution in [2.24, 2.45) is 0 Å². The van der Waals surface area contributed by atoms with Crippen LogP contribution in [0.25, 0.3) is 6.08 Å². The number of methoxy groups -OCH3 is 1. The van der Waals surface area contributed by atoms with E-state index in [4.69, 9.17) is 26.4 Å². The third-order valence-corrected chi connectivity index (χ3v) is 4.24. The summed E-state index contributed by atoms with van der Waals surface area (Å²) in [7, 11) is 1.59. The van der Waals surface area contributed by atoms with E-state index in [0.717, 1.165) is 22.4 Å². The van der Waals surface area contributed by atoms with Crippen LogP contribution in [0.3, 0.4) is 0 Å². The lowest BCUT2D eigenvalue weighted by Gasteiger charge is -2.11. The number of hydrogen-bond acceptors (Lipinski definition) is 5. The molecule has 0 radical (unpaired) electrons. The predicted molar refractivity (Wildman–Crippen MR) is 110 cm³/mol. The van der Waals surface area contributed by atoms with Gasteiger partial charge in [-0.25, -0.2) is 0 Å². The van der Waals surface area contributed by atoms with Crippen LogP contribution in [-0.4, -0.2) is 24.9 Å². The molecule has 0 spiro atoms.